The Morgan fingerprint density at radius 1 is 1.19 bits per heavy atom. The van der Waals surface area contributed by atoms with E-state index in [4.69, 9.17) is 9.47 Å². The van der Waals surface area contributed by atoms with Crippen molar-refractivity contribution in [2.45, 2.75) is 64.6 Å². The van der Waals surface area contributed by atoms with E-state index in [1.807, 2.05) is 0 Å². The second kappa shape index (κ2) is 9.09. The summed E-state index contributed by atoms with van der Waals surface area (Å²) in [6.45, 7) is 12.8. The van der Waals surface area contributed by atoms with Crippen molar-refractivity contribution in [2.75, 3.05) is 39.5 Å². The van der Waals surface area contributed by atoms with Crippen LogP contribution in [0.25, 0.3) is 0 Å². The largest absolute Gasteiger partial charge is 0.381 e. The molecule has 0 aromatic heterocycles. The number of nitrogens with zero attached hydrogens (tertiary/aromatic N) is 1. The molecule has 2 heterocycles. The fraction of sp³-hybridized carbons (Fsp3) is 1.00. The maximum Gasteiger partial charge on any atom is 0.0855 e. The monoisotopic (exact) mass is 298 g/mol. The minimum Gasteiger partial charge on any atom is -0.381 e. The van der Waals surface area contributed by atoms with Crippen molar-refractivity contribution in [3.05, 3.63) is 0 Å². The van der Waals surface area contributed by atoms with Crippen molar-refractivity contribution in [3.8, 4) is 0 Å². The van der Waals surface area contributed by atoms with Crippen LogP contribution in [-0.2, 0) is 9.47 Å². The van der Waals surface area contributed by atoms with Gasteiger partial charge >= 0.3 is 0 Å². The van der Waals surface area contributed by atoms with Gasteiger partial charge in [0.25, 0.3) is 0 Å². The molecule has 4 nitrogen and oxygen atoms in total. The van der Waals surface area contributed by atoms with Crippen LogP contribution in [0.2, 0.25) is 0 Å². The van der Waals surface area contributed by atoms with E-state index in [0.717, 1.165) is 45.4 Å². The Morgan fingerprint density at radius 2 is 1.95 bits per heavy atom. The fourth-order valence-electron chi connectivity index (χ4n) is 3.45. The van der Waals surface area contributed by atoms with Crippen LogP contribution in [0, 0.1) is 5.92 Å². The smallest absolute Gasteiger partial charge is 0.0855 e. The average molecular weight is 298 g/mol. The van der Waals surface area contributed by atoms with Crippen LogP contribution < -0.4 is 5.32 Å². The molecule has 0 amide bonds. The highest BCUT2D eigenvalue weighted by molar-refractivity contribution is 4.86. The van der Waals surface area contributed by atoms with E-state index in [2.05, 4.69) is 31.0 Å². The molecule has 2 aliphatic rings. The lowest BCUT2D eigenvalue weighted by Crippen LogP contribution is -2.54. The summed E-state index contributed by atoms with van der Waals surface area (Å²) in [5.41, 5.74) is 0. The molecular weight excluding hydrogens is 264 g/mol. The highest BCUT2D eigenvalue weighted by Crippen LogP contribution is 2.23. The van der Waals surface area contributed by atoms with Gasteiger partial charge in [-0.05, 0) is 52.0 Å². The van der Waals surface area contributed by atoms with Crippen molar-refractivity contribution >= 4 is 0 Å². The van der Waals surface area contributed by atoms with Gasteiger partial charge in [0.15, 0.2) is 0 Å². The van der Waals surface area contributed by atoms with Gasteiger partial charge in [-0.1, -0.05) is 6.92 Å². The number of nitrogens with one attached hydrogen (secondary N) is 1. The van der Waals surface area contributed by atoms with Crippen LogP contribution in [-0.4, -0.2) is 62.5 Å². The van der Waals surface area contributed by atoms with Gasteiger partial charge < -0.3 is 14.8 Å². The SMILES string of the molecule is CCCNC(CC1CCOCC1)C1CN(C(C)C)CCO1. The molecule has 2 saturated heterocycles. The number of ether oxygens (including phenoxy) is 2. The van der Waals surface area contributed by atoms with Gasteiger partial charge in [0.2, 0.25) is 0 Å². The molecule has 4 heteroatoms. The number of hydrogen-bond acceptors (Lipinski definition) is 4. The highest BCUT2D eigenvalue weighted by atomic mass is 16.5. The maximum atomic E-state index is 6.12. The van der Waals surface area contributed by atoms with Crippen molar-refractivity contribution < 1.29 is 9.47 Å². The van der Waals surface area contributed by atoms with Crippen LogP contribution in [0.3, 0.4) is 0 Å². The average Bonchev–Trinajstić information content (AvgIpc) is 2.52. The number of morpholine rings is 1. The van der Waals surface area contributed by atoms with Gasteiger partial charge in [0.05, 0.1) is 12.7 Å². The Morgan fingerprint density at radius 3 is 2.62 bits per heavy atom. The Hall–Kier alpha value is -0.160. The van der Waals surface area contributed by atoms with E-state index in [-0.39, 0.29) is 0 Å². The first-order valence-corrected chi connectivity index (χ1v) is 8.87. The third-order valence-corrected chi connectivity index (χ3v) is 4.89. The summed E-state index contributed by atoms with van der Waals surface area (Å²) in [4.78, 5) is 2.55. The normalized spacial score (nSPS) is 27.1. The van der Waals surface area contributed by atoms with E-state index in [1.165, 1.54) is 25.7 Å². The van der Waals surface area contributed by atoms with Gasteiger partial charge in [0, 0.05) is 38.4 Å². The molecule has 0 aromatic carbocycles. The standard InChI is InChI=1S/C17H34N2O2/c1-4-7-18-16(12-15-5-9-20-10-6-15)17-13-19(14(2)3)8-11-21-17/h14-18H,4-13H2,1-3H3. The van der Waals surface area contributed by atoms with Gasteiger partial charge in [-0.2, -0.15) is 0 Å². The second-order valence-electron chi connectivity index (χ2n) is 6.85. The number of rotatable bonds is 7. The molecule has 0 spiro atoms. The van der Waals surface area contributed by atoms with E-state index in [1.54, 1.807) is 0 Å². The highest BCUT2D eigenvalue weighted by Gasteiger charge is 2.31. The summed E-state index contributed by atoms with van der Waals surface area (Å²) >= 11 is 0. The lowest BCUT2D eigenvalue weighted by Gasteiger charge is -2.40. The van der Waals surface area contributed by atoms with Crippen molar-refractivity contribution in [1.29, 1.82) is 0 Å². The third kappa shape index (κ3) is 5.51. The second-order valence-corrected chi connectivity index (χ2v) is 6.85. The Balaban J connectivity index is 1.90. The molecule has 1 N–H and O–H groups in total. The topological polar surface area (TPSA) is 33.7 Å². The van der Waals surface area contributed by atoms with Gasteiger partial charge in [-0.3, -0.25) is 4.90 Å². The zero-order valence-electron chi connectivity index (χ0n) is 14.1. The fourth-order valence-corrected chi connectivity index (χ4v) is 3.45. The minimum atomic E-state index is 0.343. The Labute approximate surface area is 130 Å². The van der Waals surface area contributed by atoms with Crippen LogP contribution in [0.15, 0.2) is 0 Å². The summed E-state index contributed by atoms with van der Waals surface area (Å²) in [5.74, 6) is 0.797. The van der Waals surface area contributed by atoms with E-state index >= 15 is 0 Å². The first-order chi connectivity index (χ1) is 10.2. The van der Waals surface area contributed by atoms with Gasteiger partial charge in [0.1, 0.15) is 0 Å². The van der Waals surface area contributed by atoms with Crippen LogP contribution in [0.4, 0.5) is 0 Å². The zero-order valence-corrected chi connectivity index (χ0v) is 14.1. The molecule has 2 fully saturated rings. The predicted octanol–water partition coefficient (Wildman–Crippen LogP) is 2.28. The van der Waals surface area contributed by atoms with Crippen LogP contribution in [0.1, 0.15) is 46.5 Å². The van der Waals surface area contributed by atoms with Crippen molar-refractivity contribution in [3.63, 3.8) is 0 Å². The maximum absolute atomic E-state index is 6.12. The van der Waals surface area contributed by atoms with Crippen molar-refractivity contribution in [2.24, 2.45) is 5.92 Å². The Kier molecular flexibility index (Phi) is 7.44. The molecule has 0 aromatic rings. The third-order valence-electron chi connectivity index (χ3n) is 4.89. The molecule has 0 radical (unpaired) electrons. The van der Waals surface area contributed by atoms with E-state index < -0.39 is 0 Å². The molecule has 2 unspecified atom stereocenters. The lowest BCUT2D eigenvalue weighted by atomic mass is 9.89. The lowest BCUT2D eigenvalue weighted by molar-refractivity contribution is -0.0612. The minimum absolute atomic E-state index is 0.343. The van der Waals surface area contributed by atoms with Crippen LogP contribution >= 0.6 is 0 Å². The first-order valence-electron chi connectivity index (χ1n) is 8.87. The van der Waals surface area contributed by atoms with Gasteiger partial charge in [-0.25, -0.2) is 0 Å². The summed E-state index contributed by atoms with van der Waals surface area (Å²) in [5, 5.41) is 3.75. The summed E-state index contributed by atoms with van der Waals surface area (Å²) in [7, 11) is 0. The molecule has 2 rings (SSSR count). The molecule has 0 aliphatic carbocycles. The first kappa shape index (κ1) is 17.2. The van der Waals surface area contributed by atoms with E-state index in [9.17, 15) is 0 Å². The molecule has 0 saturated carbocycles. The molecule has 2 aliphatic heterocycles. The van der Waals surface area contributed by atoms with E-state index in [0.29, 0.717) is 18.2 Å². The summed E-state index contributed by atoms with van der Waals surface area (Å²) in [6.07, 6.45) is 5.19. The molecule has 124 valence electrons. The zero-order chi connectivity index (χ0) is 15.1. The number of hydrogen-bond donors (Lipinski definition) is 1. The molecular formula is C17H34N2O2. The van der Waals surface area contributed by atoms with Crippen molar-refractivity contribution in [1.82, 2.24) is 10.2 Å². The summed E-state index contributed by atoms with van der Waals surface area (Å²) in [6, 6.07) is 1.11. The molecule has 21 heavy (non-hydrogen) atoms. The molecule has 2 atom stereocenters. The van der Waals surface area contributed by atoms with Gasteiger partial charge in [-0.15, -0.1) is 0 Å². The predicted molar refractivity (Wildman–Crippen MR) is 86.7 cm³/mol. The quantitative estimate of drug-likeness (QED) is 0.782. The summed E-state index contributed by atoms with van der Waals surface area (Å²) < 4.78 is 11.6. The van der Waals surface area contributed by atoms with Crippen LogP contribution in [0.5, 0.6) is 0 Å². The Bertz CT molecular complexity index is 280. The molecule has 0 bridgehead atoms.